The fourth-order valence-corrected chi connectivity index (χ4v) is 2.45. The molecule has 0 spiro atoms. The molecule has 0 amide bonds. The number of hydrogen-bond donors (Lipinski definition) is 0. The molecule has 8 heteroatoms. The van der Waals surface area contributed by atoms with Crippen molar-refractivity contribution in [1.29, 1.82) is 0 Å². The molecule has 0 saturated carbocycles. The molecule has 0 bridgehead atoms. The third kappa shape index (κ3) is 6.30. The zero-order valence-electron chi connectivity index (χ0n) is 16.9. The minimum absolute atomic E-state index is 0.169. The van der Waals surface area contributed by atoms with E-state index in [1.165, 1.54) is 6.07 Å². The normalized spacial score (nSPS) is 10.4. The van der Waals surface area contributed by atoms with Crippen LogP contribution < -0.4 is 18.9 Å². The zero-order valence-corrected chi connectivity index (χ0v) is 16.9. The van der Waals surface area contributed by atoms with Gasteiger partial charge in [-0.05, 0) is 11.6 Å². The highest BCUT2D eigenvalue weighted by Gasteiger charge is 2.27. The van der Waals surface area contributed by atoms with Crippen LogP contribution in [-0.2, 0) is 19.2 Å². The van der Waals surface area contributed by atoms with E-state index in [9.17, 15) is 19.2 Å². The zero-order chi connectivity index (χ0) is 22.3. The predicted molar refractivity (Wildman–Crippen MR) is 107 cm³/mol. The molecule has 0 unspecified atom stereocenters. The van der Waals surface area contributed by atoms with E-state index < -0.39 is 23.9 Å². The first-order chi connectivity index (χ1) is 14.2. The number of esters is 4. The van der Waals surface area contributed by atoms with E-state index in [0.717, 1.165) is 33.3 Å². The van der Waals surface area contributed by atoms with Gasteiger partial charge in [0.1, 0.15) is 0 Å². The number of hydrogen-bond acceptors (Lipinski definition) is 8. The van der Waals surface area contributed by atoms with Gasteiger partial charge in [0.05, 0.1) is 0 Å². The molecule has 2 rings (SSSR count). The van der Waals surface area contributed by atoms with Crippen molar-refractivity contribution in [3.63, 3.8) is 0 Å². The summed E-state index contributed by atoms with van der Waals surface area (Å²) in [7, 11) is 0. The van der Waals surface area contributed by atoms with E-state index in [-0.39, 0.29) is 28.6 Å². The lowest BCUT2D eigenvalue weighted by atomic mass is 10.1. The Kier molecular flexibility index (Phi) is 7.46. The van der Waals surface area contributed by atoms with Gasteiger partial charge in [-0.1, -0.05) is 42.5 Å². The number of ether oxygens (including phenoxy) is 4. The minimum atomic E-state index is -0.769. The highest BCUT2D eigenvalue weighted by molar-refractivity contribution is 5.86. The Balaban J connectivity index is 2.77. The average Bonchev–Trinajstić information content (AvgIpc) is 2.64. The Bertz CT molecular complexity index is 1010. The van der Waals surface area contributed by atoms with Gasteiger partial charge in [0.25, 0.3) is 0 Å². The second-order valence-electron chi connectivity index (χ2n) is 6.07. The summed E-state index contributed by atoms with van der Waals surface area (Å²) in [5, 5.41) is 0. The molecule has 30 heavy (non-hydrogen) atoms. The van der Waals surface area contributed by atoms with E-state index in [1.807, 2.05) is 30.3 Å². The van der Waals surface area contributed by atoms with Gasteiger partial charge < -0.3 is 18.9 Å². The number of rotatable bonds is 6. The summed E-state index contributed by atoms with van der Waals surface area (Å²) in [6.45, 7) is 4.55. The minimum Gasteiger partial charge on any atom is -0.423 e. The number of carbonyl (C=O) groups is 4. The van der Waals surface area contributed by atoms with Crippen molar-refractivity contribution in [2.75, 3.05) is 0 Å². The Hall–Kier alpha value is -3.94. The maximum absolute atomic E-state index is 11.7. The molecule has 0 atom stereocenters. The first-order valence-electron chi connectivity index (χ1n) is 8.85. The first-order valence-corrected chi connectivity index (χ1v) is 8.85. The Morgan fingerprint density at radius 2 is 1.13 bits per heavy atom. The van der Waals surface area contributed by atoms with Gasteiger partial charge >= 0.3 is 23.9 Å². The monoisotopic (exact) mass is 412 g/mol. The highest BCUT2D eigenvalue weighted by atomic mass is 16.6. The Morgan fingerprint density at radius 3 is 1.67 bits per heavy atom. The van der Waals surface area contributed by atoms with Crippen LogP contribution in [0.4, 0.5) is 0 Å². The molecule has 0 fully saturated rings. The van der Waals surface area contributed by atoms with Crippen LogP contribution in [0, 0.1) is 0 Å². The molecule has 8 nitrogen and oxygen atoms in total. The van der Waals surface area contributed by atoms with Crippen LogP contribution in [0.1, 0.15) is 38.8 Å². The maximum atomic E-state index is 11.7. The van der Waals surface area contributed by atoms with Crippen molar-refractivity contribution in [2.45, 2.75) is 27.7 Å². The van der Waals surface area contributed by atoms with Gasteiger partial charge in [0, 0.05) is 33.3 Å². The second kappa shape index (κ2) is 10.0. The summed E-state index contributed by atoms with van der Waals surface area (Å²) in [5.41, 5.74) is 1.08. The van der Waals surface area contributed by atoms with E-state index in [4.69, 9.17) is 18.9 Å². The molecule has 0 N–H and O–H groups in total. The predicted octanol–water partition coefficient (Wildman–Crippen LogP) is 3.56. The van der Waals surface area contributed by atoms with Gasteiger partial charge in [0.15, 0.2) is 11.5 Å². The summed E-state index contributed by atoms with van der Waals surface area (Å²) < 4.78 is 20.7. The smallest absolute Gasteiger partial charge is 0.308 e. The van der Waals surface area contributed by atoms with Gasteiger partial charge in [-0.3, -0.25) is 19.2 Å². The summed E-state index contributed by atoms with van der Waals surface area (Å²) >= 11 is 0. The molecular weight excluding hydrogens is 392 g/mol. The third-order valence-corrected chi connectivity index (χ3v) is 3.43. The SMILES string of the molecule is CC(=O)Oc1cc(C=Cc2ccccc2)c(OC(C)=O)c(OC(C)=O)c1OC(C)=O. The standard InChI is InChI=1S/C22H20O8/c1-13(23)27-19-12-18(11-10-17-8-6-5-7-9-17)20(28-14(2)24)22(30-16(4)26)21(19)29-15(3)25/h5-12H,1-4H3. The van der Waals surface area contributed by atoms with Gasteiger partial charge in [0.2, 0.25) is 11.5 Å². The van der Waals surface area contributed by atoms with E-state index in [2.05, 4.69) is 0 Å². The lowest BCUT2D eigenvalue weighted by Crippen LogP contribution is -2.13. The van der Waals surface area contributed by atoms with Crippen molar-refractivity contribution in [3.05, 3.63) is 47.5 Å². The highest BCUT2D eigenvalue weighted by Crippen LogP contribution is 2.48. The van der Waals surface area contributed by atoms with Crippen LogP contribution in [0.5, 0.6) is 23.0 Å². The van der Waals surface area contributed by atoms with Crippen molar-refractivity contribution < 1.29 is 38.1 Å². The van der Waals surface area contributed by atoms with Gasteiger partial charge in [-0.15, -0.1) is 0 Å². The van der Waals surface area contributed by atoms with Crippen LogP contribution in [0.3, 0.4) is 0 Å². The van der Waals surface area contributed by atoms with Crippen LogP contribution in [0.15, 0.2) is 36.4 Å². The third-order valence-electron chi connectivity index (χ3n) is 3.43. The lowest BCUT2D eigenvalue weighted by Gasteiger charge is -2.18. The Labute approximate surface area is 173 Å². The molecule has 0 saturated heterocycles. The molecule has 0 aliphatic carbocycles. The summed E-state index contributed by atoms with van der Waals surface area (Å²) in [6, 6.07) is 10.6. The van der Waals surface area contributed by atoms with Gasteiger partial charge in [-0.2, -0.15) is 0 Å². The van der Waals surface area contributed by atoms with Crippen molar-refractivity contribution >= 4 is 36.0 Å². The number of carbonyl (C=O) groups excluding carboxylic acids is 4. The van der Waals surface area contributed by atoms with Gasteiger partial charge in [-0.25, -0.2) is 0 Å². The maximum Gasteiger partial charge on any atom is 0.308 e. The van der Waals surface area contributed by atoms with Crippen molar-refractivity contribution in [2.24, 2.45) is 0 Å². The van der Waals surface area contributed by atoms with E-state index >= 15 is 0 Å². The van der Waals surface area contributed by atoms with E-state index in [1.54, 1.807) is 12.2 Å². The largest absolute Gasteiger partial charge is 0.423 e. The second-order valence-corrected chi connectivity index (χ2v) is 6.07. The van der Waals surface area contributed by atoms with Crippen LogP contribution in [0.2, 0.25) is 0 Å². The summed E-state index contributed by atoms with van der Waals surface area (Å²) in [5.74, 6) is -4.01. The van der Waals surface area contributed by atoms with E-state index in [0.29, 0.717) is 0 Å². The molecule has 0 aromatic heterocycles. The first kappa shape index (κ1) is 22.4. The lowest BCUT2D eigenvalue weighted by molar-refractivity contribution is -0.136. The molecule has 2 aromatic rings. The quantitative estimate of drug-likeness (QED) is 0.403. The fourth-order valence-electron chi connectivity index (χ4n) is 2.45. The summed E-state index contributed by atoms with van der Waals surface area (Å²) in [6.07, 6.45) is 3.29. The van der Waals surface area contributed by atoms with Crippen LogP contribution in [-0.4, -0.2) is 23.9 Å². The van der Waals surface area contributed by atoms with Crippen LogP contribution >= 0.6 is 0 Å². The van der Waals surface area contributed by atoms with Crippen molar-refractivity contribution in [3.8, 4) is 23.0 Å². The molecular formula is C22H20O8. The van der Waals surface area contributed by atoms with Crippen LogP contribution in [0.25, 0.3) is 12.2 Å². The molecule has 2 aromatic carbocycles. The van der Waals surface area contributed by atoms with Crippen molar-refractivity contribution in [1.82, 2.24) is 0 Å². The molecule has 0 aliphatic rings. The average molecular weight is 412 g/mol. The molecule has 156 valence electrons. The topological polar surface area (TPSA) is 105 Å². The number of benzene rings is 2. The fraction of sp³-hybridized carbons (Fsp3) is 0.182. The molecule has 0 radical (unpaired) electrons. The summed E-state index contributed by atoms with van der Waals surface area (Å²) in [4.78, 5) is 46.5. The molecule has 0 aliphatic heterocycles. The Morgan fingerprint density at radius 1 is 0.633 bits per heavy atom. The molecule has 0 heterocycles.